The normalized spacial score (nSPS) is 17.8. The molecule has 5 rings (SSSR count). The summed E-state index contributed by atoms with van der Waals surface area (Å²) in [5.74, 6) is -2.21. The van der Waals surface area contributed by atoms with E-state index in [1.54, 1.807) is 54.7 Å². The maximum atomic E-state index is 13.1. The number of benzene rings is 2. The van der Waals surface area contributed by atoms with E-state index in [0.29, 0.717) is 41.4 Å². The van der Waals surface area contributed by atoms with Crippen LogP contribution in [0.4, 0.5) is 14.6 Å². The lowest BCUT2D eigenvalue weighted by Gasteiger charge is -2.38. The SMILES string of the molecule is Nc1ccc(/C=C/C(=O)CCC2Cc3c(-c4ccc(C(=O)N5CC(F)(F)C5)cc4)ccc(Cl)c3O2)cn1. The van der Waals surface area contributed by atoms with Crippen LogP contribution in [-0.2, 0) is 11.2 Å². The summed E-state index contributed by atoms with van der Waals surface area (Å²) in [5, 5.41) is 0.494. The number of nitrogens with zero attached hydrogens (tertiary/aromatic N) is 2. The lowest BCUT2D eigenvalue weighted by molar-refractivity contribution is -0.115. The first kappa shape index (κ1) is 24.9. The van der Waals surface area contributed by atoms with Gasteiger partial charge in [0.05, 0.1) is 18.1 Å². The molecule has 0 aliphatic carbocycles. The van der Waals surface area contributed by atoms with Crippen LogP contribution in [0, 0.1) is 0 Å². The molecule has 2 aliphatic heterocycles. The number of nitrogens with two attached hydrogens (primary N) is 1. The average Bonchev–Trinajstić information content (AvgIpc) is 3.31. The fourth-order valence-electron chi connectivity index (χ4n) is 4.52. The number of alkyl halides is 2. The van der Waals surface area contributed by atoms with Gasteiger partial charge < -0.3 is 15.4 Å². The average molecular weight is 524 g/mol. The van der Waals surface area contributed by atoms with Gasteiger partial charge >= 0.3 is 0 Å². The minimum absolute atomic E-state index is 0.0251. The van der Waals surface area contributed by atoms with Crippen LogP contribution in [0.3, 0.4) is 0 Å². The van der Waals surface area contributed by atoms with Crippen LogP contribution in [0.25, 0.3) is 17.2 Å². The number of carbonyl (C=O) groups is 2. The number of ether oxygens (including phenoxy) is 1. The van der Waals surface area contributed by atoms with Gasteiger partial charge in [-0.1, -0.05) is 29.8 Å². The number of ketones is 1. The number of aromatic nitrogens is 1. The Morgan fingerprint density at radius 3 is 2.57 bits per heavy atom. The van der Waals surface area contributed by atoms with Gasteiger partial charge in [0, 0.05) is 30.2 Å². The Bertz CT molecular complexity index is 1370. The molecule has 0 spiro atoms. The van der Waals surface area contributed by atoms with E-state index in [4.69, 9.17) is 22.1 Å². The van der Waals surface area contributed by atoms with E-state index in [1.807, 2.05) is 6.07 Å². The van der Waals surface area contributed by atoms with Crippen LogP contribution < -0.4 is 10.5 Å². The van der Waals surface area contributed by atoms with Crippen molar-refractivity contribution in [3.8, 4) is 16.9 Å². The Kier molecular flexibility index (Phi) is 6.69. The second kappa shape index (κ2) is 9.94. The molecule has 2 aliphatic rings. The van der Waals surface area contributed by atoms with Crippen molar-refractivity contribution in [1.82, 2.24) is 9.88 Å². The third-order valence-electron chi connectivity index (χ3n) is 6.49. The van der Waals surface area contributed by atoms with Gasteiger partial charge in [0.15, 0.2) is 5.78 Å². The van der Waals surface area contributed by atoms with E-state index in [-0.39, 0.29) is 11.9 Å². The molecule has 3 heterocycles. The fraction of sp³-hybridized carbons (Fsp3) is 0.250. The van der Waals surface area contributed by atoms with Crippen LogP contribution in [0.5, 0.6) is 5.75 Å². The fourth-order valence-corrected chi connectivity index (χ4v) is 4.74. The summed E-state index contributed by atoms with van der Waals surface area (Å²) in [7, 11) is 0. The summed E-state index contributed by atoms with van der Waals surface area (Å²) in [6.45, 7) is -1.10. The number of amides is 1. The second-order valence-corrected chi connectivity index (χ2v) is 9.70. The van der Waals surface area contributed by atoms with Gasteiger partial charge in [-0.3, -0.25) is 9.59 Å². The largest absolute Gasteiger partial charge is 0.488 e. The van der Waals surface area contributed by atoms with Gasteiger partial charge in [0.2, 0.25) is 0 Å². The van der Waals surface area contributed by atoms with E-state index in [0.717, 1.165) is 27.2 Å². The van der Waals surface area contributed by atoms with E-state index in [1.165, 1.54) is 6.08 Å². The Hall–Kier alpha value is -3.78. The molecule has 1 unspecified atom stereocenters. The first-order valence-electron chi connectivity index (χ1n) is 11.9. The zero-order valence-corrected chi connectivity index (χ0v) is 20.6. The number of rotatable bonds is 7. The zero-order chi connectivity index (χ0) is 26.2. The molecule has 1 amide bonds. The van der Waals surface area contributed by atoms with Crippen molar-refractivity contribution in [1.29, 1.82) is 0 Å². The number of pyridine rings is 1. The van der Waals surface area contributed by atoms with Crippen molar-refractivity contribution in [2.24, 2.45) is 0 Å². The van der Waals surface area contributed by atoms with Crippen LogP contribution in [0.15, 0.2) is 60.8 Å². The summed E-state index contributed by atoms with van der Waals surface area (Å²) in [5.41, 5.74) is 9.44. The molecule has 0 bridgehead atoms. The maximum absolute atomic E-state index is 13.1. The van der Waals surface area contributed by atoms with Crippen LogP contribution >= 0.6 is 11.6 Å². The van der Waals surface area contributed by atoms with Gasteiger partial charge in [-0.25, -0.2) is 13.8 Å². The Labute approximate surface area is 217 Å². The molecule has 0 radical (unpaired) electrons. The summed E-state index contributed by atoms with van der Waals surface area (Å²) >= 11 is 6.40. The Morgan fingerprint density at radius 1 is 1.14 bits per heavy atom. The predicted molar refractivity (Wildman–Crippen MR) is 138 cm³/mol. The Morgan fingerprint density at radius 2 is 1.89 bits per heavy atom. The van der Waals surface area contributed by atoms with E-state index in [2.05, 4.69) is 4.98 Å². The number of fused-ring (bicyclic) bond motifs is 1. The van der Waals surface area contributed by atoms with Crippen molar-refractivity contribution < 1.29 is 23.1 Å². The number of anilines is 1. The number of nitrogen functional groups attached to an aromatic ring is 1. The molecule has 2 N–H and O–H groups in total. The third kappa shape index (κ3) is 5.49. The molecule has 1 fully saturated rings. The van der Waals surface area contributed by atoms with Crippen LogP contribution in [0.1, 0.15) is 34.3 Å². The van der Waals surface area contributed by atoms with E-state index < -0.39 is 24.9 Å². The van der Waals surface area contributed by atoms with Gasteiger partial charge in [-0.05, 0) is 65.6 Å². The lowest BCUT2D eigenvalue weighted by Crippen LogP contribution is -2.58. The molecule has 0 saturated carbocycles. The quantitative estimate of drug-likeness (QED) is 0.417. The van der Waals surface area contributed by atoms with Crippen molar-refractivity contribution in [2.75, 3.05) is 18.8 Å². The summed E-state index contributed by atoms with van der Waals surface area (Å²) < 4.78 is 32.3. The highest BCUT2D eigenvalue weighted by atomic mass is 35.5. The second-order valence-electron chi connectivity index (χ2n) is 9.30. The summed E-state index contributed by atoms with van der Waals surface area (Å²) in [6, 6.07) is 14.0. The highest BCUT2D eigenvalue weighted by molar-refractivity contribution is 6.32. The van der Waals surface area contributed by atoms with Crippen LogP contribution in [0.2, 0.25) is 5.02 Å². The predicted octanol–water partition coefficient (Wildman–Crippen LogP) is 5.44. The molecule has 1 aromatic heterocycles. The van der Waals surface area contributed by atoms with Gasteiger partial charge in [0.25, 0.3) is 11.8 Å². The van der Waals surface area contributed by atoms with Gasteiger partial charge in [0.1, 0.15) is 17.7 Å². The molecule has 6 nitrogen and oxygen atoms in total. The number of halogens is 3. The van der Waals surface area contributed by atoms with Crippen molar-refractivity contribution in [3.63, 3.8) is 0 Å². The topological polar surface area (TPSA) is 85.5 Å². The number of hydrogen-bond donors (Lipinski definition) is 1. The first-order valence-corrected chi connectivity index (χ1v) is 12.2. The lowest BCUT2D eigenvalue weighted by atomic mass is 9.94. The monoisotopic (exact) mass is 523 g/mol. The number of allylic oxidation sites excluding steroid dienone is 1. The zero-order valence-electron chi connectivity index (χ0n) is 19.8. The van der Waals surface area contributed by atoms with E-state index >= 15 is 0 Å². The maximum Gasteiger partial charge on any atom is 0.282 e. The molecular weight excluding hydrogens is 500 g/mol. The number of hydrogen-bond acceptors (Lipinski definition) is 5. The number of likely N-dealkylation sites (tertiary alicyclic amines) is 1. The van der Waals surface area contributed by atoms with Crippen LogP contribution in [-0.4, -0.2) is 46.7 Å². The molecule has 2 aromatic carbocycles. The minimum Gasteiger partial charge on any atom is -0.488 e. The smallest absolute Gasteiger partial charge is 0.282 e. The number of carbonyl (C=O) groups excluding carboxylic acids is 2. The molecule has 9 heteroatoms. The molecule has 3 aromatic rings. The first-order chi connectivity index (χ1) is 17.7. The molecule has 1 saturated heterocycles. The van der Waals surface area contributed by atoms with Gasteiger partial charge in [-0.15, -0.1) is 0 Å². The molecule has 37 heavy (non-hydrogen) atoms. The highest BCUT2D eigenvalue weighted by Gasteiger charge is 2.46. The van der Waals surface area contributed by atoms with Crippen molar-refractivity contribution >= 4 is 35.2 Å². The van der Waals surface area contributed by atoms with Crippen molar-refractivity contribution in [2.45, 2.75) is 31.3 Å². The standard InChI is InChI=1S/C28H24ClF2N3O3/c29-24-11-10-22(18-3-5-19(6-4-18)27(36)34-15-28(30,31)16-34)23-13-21(37-26(23)24)9-8-20(35)7-1-17-2-12-25(32)33-14-17/h1-7,10-12,14,21H,8-9,13,15-16H2,(H2,32,33)/b7-1+. The molecule has 1 atom stereocenters. The van der Waals surface area contributed by atoms with Gasteiger partial charge in [-0.2, -0.15) is 0 Å². The minimum atomic E-state index is -2.80. The third-order valence-corrected chi connectivity index (χ3v) is 6.78. The van der Waals surface area contributed by atoms with Crippen molar-refractivity contribution in [3.05, 3.63) is 82.5 Å². The highest BCUT2D eigenvalue weighted by Crippen LogP contribution is 2.43. The van der Waals surface area contributed by atoms with E-state index in [9.17, 15) is 18.4 Å². The Balaban J connectivity index is 1.23. The summed E-state index contributed by atoms with van der Waals surface area (Å²) in [6.07, 6.45) is 6.07. The summed E-state index contributed by atoms with van der Waals surface area (Å²) in [4.78, 5) is 29.9. The molecular formula is C28H24ClF2N3O3. The molecule has 190 valence electrons.